The number of benzene rings is 1. The van der Waals surface area contributed by atoms with Crippen molar-refractivity contribution in [1.29, 1.82) is 0 Å². The fraction of sp³-hybridized carbons (Fsp3) is 0.429. The molecule has 1 atom stereocenters. The number of hydroxylamine groups is 2. The minimum absolute atomic E-state index is 0.307. The summed E-state index contributed by atoms with van der Waals surface area (Å²) in [5.74, 6) is 0.0238. The van der Waals surface area contributed by atoms with Crippen LogP contribution in [-0.2, 0) is 14.4 Å². The zero-order chi connectivity index (χ0) is 16.1. The third-order valence-electron chi connectivity index (χ3n) is 2.90. The molecule has 8 heteroatoms. The molecule has 0 bridgehead atoms. The molecule has 1 N–H and O–H groups in total. The molecule has 0 spiro atoms. The SMILES string of the molecule is CCOC(=O)C(C)ON1CCN=C1Nc1c(Cl)cccc1Cl. The van der Waals surface area contributed by atoms with Crippen LogP contribution in [-0.4, -0.2) is 42.8 Å². The van der Waals surface area contributed by atoms with E-state index >= 15 is 0 Å². The van der Waals surface area contributed by atoms with Gasteiger partial charge in [-0.3, -0.25) is 4.84 Å². The van der Waals surface area contributed by atoms with Gasteiger partial charge in [0.25, 0.3) is 0 Å². The van der Waals surface area contributed by atoms with E-state index in [-0.39, 0.29) is 0 Å². The lowest BCUT2D eigenvalue weighted by Crippen LogP contribution is -2.39. The minimum Gasteiger partial charge on any atom is -0.464 e. The highest BCUT2D eigenvalue weighted by molar-refractivity contribution is 6.39. The van der Waals surface area contributed by atoms with Gasteiger partial charge in [-0.1, -0.05) is 29.3 Å². The van der Waals surface area contributed by atoms with Crippen LogP contribution in [0.25, 0.3) is 0 Å². The highest BCUT2D eigenvalue weighted by Crippen LogP contribution is 2.30. The van der Waals surface area contributed by atoms with E-state index in [1.54, 1.807) is 32.0 Å². The Balaban J connectivity index is 2.03. The molecule has 0 aromatic heterocycles. The molecular weight excluding hydrogens is 329 g/mol. The molecular formula is C14H17Cl2N3O3. The van der Waals surface area contributed by atoms with Crippen molar-refractivity contribution in [3.05, 3.63) is 28.2 Å². The van der Waals surface area contributed by atoms with Crippen molar-refractivity contribution in [2.75, 3.05) is 25.0 Å². The summed E-state index contributed by atoms with van der Waals surface area (Å²) in [5, 5.41) is 5.49. The second-order valence-corrected chi connectivity index (χ2v) is 5.34. The summed E-state index contributed by atoms with van der Waals surface area (Å²) < 4.78 is 4.91. The summed E-state index contributed by atoms with van der Waals surface area (Å²) in [6, 6.07) is 5.19. The highest BCUT2D eigenvalue weighted by Gasteiger charge is 2.25. The number of carbonyl (C=O) groups excluding carboxylic acids is 1. The zero-order valence-corrected chi connectivity index (χ0v) is 13.8. The first kappa shape index (κ1) is 16.9. The summed E-state index contributed by atoms with van der Waals surface area (Å²) >= 11 is 12.2. The topological polar surface area (TPSA) is 63.2 Å². The zero-order valence-electron chi connectivity index (χ0n) is 12.3. The van der Waals surface area contributed by atoms with E-state index in [1.807, 2.05) is 0 Å². The molecule has 1 aromatic rings. The monoisotopic (exact) mass is 345 g/mol. The second-order valence-electron chi connectivity index (χ2n) is 4.53. The fourth-order valence-electron chi connectivity index (χ4n) is 1.86. The average molecular weight is 346 g/mol. The molecule has 1 unspecified atom stereocenters. The molecule has 1 heterocycles. The number of guanidine groups is 1. The number of anilines is 1. The molecule has 6 nitrogen and oxygen atoms in total. The summed E-state index contributed by atoms with van der Waals surface area (Å²) in [6.45, 7) is 4.74. The van der Waals surface area contributed by atoms with Crippen molar-refractivity contribution in [3.63, 3.8) is 0 Å². The van der Waals surface area contributed by atoms with Gasteiger partial charge in [0.1, 0.15) is 0 Å². The molecule has 120 valence electrons. The van der Waals surface area contributed by atoms with Gasteiger partial charge >= 0.3 is 5.97 Å². The maximum Gasteiger partial charge on any atom is 0.337 e. The van der Waals surface area contributed by atoms with Crippen LogP contribution in [0.1, 0.15) is 13.8 Å². The third kappa shape index (κ3) is 4.03. The number of para-hydroxylation sites is 1. The Labute approximate surface area is 138 Å². The van der Waals surface area contributed by atoms with Crippen molar-refractivity contribution in [2.45, 2.75) is 20.0 Å². The quantitative estimate of drug-likeness (QED) is 0.831. The number of esters is 1. The Morgan fingerprint density at radius 2 is 2.14 bits per heavy atom. The van der Waals surface area contributed by atoms with Gasteiger partial charge in [0.05, 0.1) is 35.4 Å². The number of rotatable bonds is 5. The van der Waals surface area contributed by atoms with Crippen LogP contribution in [0.3, 0.4) is 0 Å². The van der Waals surface area contributed by atoms with Gasteiger partial charge in [-0.15, -0.1) is 0 Å². The molecule has 0 saturated heterocycles. The van der Waals surface area contributed by atoms with Crippen molar-refractivity contribution in [2.24, 2.45) is 4.99 Å². The van der Waals surface area contributed by atoms with Gasteiger partial charge in [-0.05, 0) is 26.0 Å². The van der Waals surface area contributed by atoms with Crippen LogP contribution in [0.5, 0.6) is 0 Å². The van der Waals surface area contributed by atoms with Crippen LogP contribution < -0.4 is 5.32 Å². The average Bonchev–Trinajstić information content (AvgIpc) is 2.90. The number of nitrogens with zero attached hydrogens (tertiary/aromatic N) is 2. The molecule has 1 aromatic carbocycles. The van der Waals surface area contributed by atoms with Gasteiger partial charge in [0, 0.05) is 0 Å². The molecule has 0 saturated carbocycles. The lowest BCUT2D eigenvalue weighted by Gasteiger charge is -2.23. The summed E-state index contributed by atoms with van der Waals surface area (Å²) in [7, 11) is 0. The number of hydrogen-bond acceptors (Lipinski definition) is 6. The van der Waals surface area contributed by atoms with Crippen LogP contribution in [0.4, 0.5) is 5.69 Å². The smallest absolute Gasteiger partial charge is 0.337 e. The second kappa shape index (κ2) is 7.67. The molecule has 0 amide bonds. The number of nitrogens with one attached hydrogen (secondary N) is 1. The number of ether oxygens (including phenoxy) is 1. The van der Waals surface area contributed by atoms with E-state index in [4.69, 9.17) is 32.8 Å². The van der Waals surface area contributed by atoms with Gasteiger partial charge < -0.3 is 10.1 Å². The number of carbonyl (C=O) groups is 1. The lowest BCUT2D eigenvalue weighted by atomic mass is 10.3. The van der Waals surface area contributed by atoms with Crippen molar-refractivity contribution in [3.8, 4) is 0 Å². The number of halogens is 2. The Bertz CT molecular complexity index is 560. The maximum absolute atomic E-state index is 11.6. The Kier molecular flexibility index (Phi) is 5.88. The van der Waals surface area contributed by atoms with Gasteiger partial charge in [-0.2, -0.15) is 0 Å². The largest absolute Gasteiger partial charge is 0.464 e. The van der Waals surface area contributed by atoms with Crippen LogP contribution in [0.2, 0.25) is 10.0 Å². The van der Waals surface area contributed by atoms with Gasteiger partial charge in [0.15, 0.2) is 6.10 Å². The van der Waals surface area contributed by atoms with E-state index in [2.05, 4.69) is 10.3 Å². The predicted molar refractivity (Wildman–Crippen MR) is 86.3 cm³/mol. The summed E-state index contributed by atoms with van der Waals surface area (Å²) in [4.78, 5) is 21.5. The number of hydrogen-bond donors (Lipinski definition) is 1. The van der Waals surface area contributed by atoms with E-state index < -0.39 is 12.1 Å². The van der Waals surface area contributed by atoms with Gasteiger partial charge in [0.2, 0.25) is 5.96 Å². The van der Waals surface area contributed by atoms with E-state index in [0.717, 1.165) is 0 Å². The molecule has 0 aliphatic carbocycles. The van der Waals surface area contributed by atoms with E-state index in [1.165, 1.54) is 5.06 Å². The Morgan fingerprint density at radius 3 is 2.77 bits per heavy atom. The van der Waals surface area contributed by atoms with Crippen LogP contribution in [0.15, 0.2) is 23.2 Å². The molecule has 2 rings (SSSR count). The Morgan fingerprint density at radius 1 is 1.45 bits per heavy atom. The molecule has 0 radical (unpaired) electrons. The van der Waals surface area contributed by atoms with Crippen LogP contribution >= 0.6 is 23.2 Å². The van der Waals surface area contributed by atoms with E-state index in [0.29, 0.717) is 41.4 Å². The van der Waals surface area contributed by atoms with Crippen LogP contribution in [0, 0.1) is 0 Å². The van der Waals surface area contributed by atoms with Crippen molar-refractivity contribution in [1.82, 2.24) is 5.06 Å². The summed E-state index contributed by atoms with van der Waals surface area (Å²) in [6.07, 6.45) is -0.730. The van der Waals surface area contributed by atoms with E-state index in [9.17, 15) is 4.79 Å². The normalized spacial score (nSPS) is 15.5. The third-order valence-corrected chi connectivity index (χ3v) is 3.53. The minimum atomic E-state index is -0.730. The molecule has 22 heavy (non-hydrogen) atoms. The maximum atomic E-state index is 11.6. The lowest BCUT2D eigenvalue weighted by molar-refractivity contribution is -0.181. The first-order chi connectivity index (χ1) is 10.5. The first-order valence-corrected chi connectivity index (χ1v) is 7.65. The predicted octanol–water partition coefficient (Wildman–Crippen LogP) is 2.96. The van der Waals surface area contributed by atoms with Crippen molar-refractivity contribution < 1.29 is 14.4 Å². The highest BCUT2D eigenvalue weighted by atomic mass is 35.5. The molecule has 1 aliphatic rings. The molecule has 0 fully saturated rings. The summed E-state index contributed by atoms with van der Waals surface area (Å²) in [5.41, 5.74) is 0.545. The number of aliphatic imine (C=N–C) groups is 1. The first-order valence-electron chi connectivity index (χ1n) is 6.89. The van der Waals surface area contributed by atoms with Gasteiger partial charge in [-0.25, -0.2) is 14.9 Å². The standard InChI is InChI=1S/C14H17Cl2N3O3/c1-3-21-13(20)9(2)22-19-8-7-17-14(19)18-12-10(15)5-4-6-11(12)16/h4-6,9H,3,7-8H2,1-2H3,(H,17,18). The molecule has 1 aliphatic heterocycles. The van der Waals surface area contributed by atoms with Crippen molar-refractivity contribution >= 4 is 40.8 Å². The fourth-order valence-corrected chi connectivity index (χ4v) is 2.35. The Hall–Kier alpha value is -1.50.